The van der Waals surface area contributed by atoms with E-state index in [0.29, 0.717) is 0 Å². The average Bonchev–Trinajstić information content (AvgIpc) is 3.20. The third-order valence-corrected chi connectivity index (χ3v) is 5.36. The van der Waals surface area contributed by atoms with E-state index in [0.717, 1.165) is 31.5 Å². The van der Waals surface area contributed by atoms with Gasteiger partial charge in [-0.3, -0.25) is 9.67 Å². The van der Waals surface area contributed by atoms with Crippen LogP contribution in [0.1, 0.15) is 30.4 Å². The van der Waals surface area contributed by atoms with E-state index in [9.17, 15) is 0 Å². The summed E-state index contributed by atoms with van der Waals surface area (Å²) < 4.78 is 1.95. The summed E-state index contributed by atoms with van der Waals surface area (Å²) in [7, 11) is 4.05. The summed E-state index contributed by atoms with van der Waals surface area (Å²) in [4.78, 5) is 6.79. The second-order valence-corrected chi connectivity index (χ2v) is 7.36. The molecule has 28 heavy (non-hydrogen) atoms. The lowest BCUT2D eigenvalue weighted by molar-refractivity contribution is 0.213. The maximum atomic E-state index is 4.37. The molecule has 2 N–H and O–H groups in total. The fraction of sp³-hybridized carbons (Fsp3) is 0.524. The van der Waals surface area contributed by atoms with E-state index in [4.69, 9.17) is 0 Å². The van der Waals surface area contributed by atoms with Crippen molar-refractivity contribution in [3.8, 4) is 0 Å². The zero-order valence-electron chi connectivity index (χ0n) is 17.0. The largest absolute Gasteiger partial charge is 0.356 e. The predicted octanol–water partition coefficient (Wildman–Crippen LogP) is 2.95. The minimum atomic E-state index is 0. The number of rotatable bonds is 7. The van der Waals surface area contributed by atoms with E-state index in [2.05, 4.69) is 56.9 Å². The Morgan fingerprint density at radius 2 is 1.89 bits per heavy atom. The van der Waals surface area contributed by atoms with Crippen LogP contribution in [0.5, 0.6) is 0 Å². The van der Waals surface area contributed by atoms with Crippen molar-refractivity contribution >= 4 is 29.9 Å². The van der Waals surface area contributed by atoms with Crippen LogP contribution < -0.4 is 10.6 Å². The summed E-state index contributed by atoms with van der Waals surface area (Å²) in [5.74, 6) is 1.71. The number of guanidine groups is 1. The minimum absolute atomic E-state index is 0. The molecule has 1 saturated heterocycles. The van der Waals surface area contributed by atoms with Crippen molar-refractivity contribution in [2.75, 3.05) is 33.7 Å². The Morgan fingerprint density at radius 1 is 1.14 bits per heavy atom. The number of benzene rings is 1. The highest BCUT2D eigenvalue weighted by atomic mass is 127. The molecular formula is C21H33IN6. The van der Waals surface area contributed by atoms with Gasteiger partial charge in [0.2, 0.25) is 0 Å². The van der Waals surface area contributed by atoms with Gasteiger partial charge in [-0.2, -0.15) is 5.10 Å². The molecule has 1 fully saturated rings. The van der Waals surface area contributed by atoms with Crippen molar-refractivity contribution in [3.05, 3.63) is 53.9 Å². The lowest BCUT2D eigenvalue weighted by Gasteiger charge is -2.29. The first kappa shape index (κ1) is 22.7. The molecule has 1 aliphatic heterocycles. The summed E-state index contributed by atoms with van der Waals surface area (Å²) in [6, 6.07) is 10.4. The van der Waals surface area contributed by atoms with Crippen LogP contribution in [-0.4, -0.2) is 54.4 Å². The Bertz CT molecular complexity index is 707. The highest BCUT2D eigenvalue weighted by Gasteiger charge is 2.16. The van der Waals surface area contributed by atoms with Crippen molar-refractivity contribution in [3.63, 3.8) is 0 Å². The van der Waals surface area contributed by atoms with Gasteiger partial charge in [0.1, 0.15) is 0 Å². The molecule has 0 bridgehead atoms. The number of halogens is 1. The Labute approximate surface area is 185 Å². The zero-order chi connectivity index (χ0) is 18.9. The first-order chi connectivity index (χ1) is 13.2. The van der Waals surface area contributed by atoms with Gasteiger partial charge < -0.3 is 15.5 Å². The fourth-order valence-electron chi connectivity index (χ4n) is 3.60. The summed E-state index contributed by atoms with van der Waals surface area (Å²) in [5.41, 5.74) is 2.54. The van der Waals surface area contributed by atoms with Gasteiger partial charge in [-0.1, -0.05) is 24.3 Å². The molecule has 154 valence electrons. The smallest absolute Gasteiger partial charge is 0.191 e. The summed E-state index contributed by atoms with van der Waals surface area (Å²) in [5, 5.41) is 11.2. The standard InChI is InChI=1S/C21H32N6.HI/c1-22-21(23-12-8-18-9-14-26(2)15-10-18)24-16-19-6-3-4-7-20(19)17-27-13-5-11-25-27;/h3-7,11,13,18H,8-10,12,14-17H2,1-2H3,(H2,22,23,24);1H. The quantitative estimate of drug-likeness (QED) is 0.352. The normalized spacial score (nSPS) is 15.9. The van der Waals surface area contributed by atoms with E-state index < -0.39 is 0 Å². The Morgan fingerprint density at radius 3 is 2.57 bits per heavy atom. The summed E-state index contributed by atoms with van der Waals surface area (Å²) >= 11 is 0. The number of hydrogen-bond donors (Lipinski definition) is 2. The number of hydrogen-bond acceptors (Lipinski definition) is 3. The molecule has 3 rings (SSSR count). The van der Waals surface area contributed by atoms with Gasteiger partial charge in [-0.05, 0) is 62.5 Å². The van der Waals surface area contributed by atoms with E-state index in [1.807, 2.05) is 30.2 Å². The van der Waals surface area contributed by atoms with Crippen LogP contribution in [0, 0.1) is 5.92 Å². The number of likely N-dealkylation sites (tertiary alicyclic amines) is 1. The average molecular weight is 496 g/mol. The maximum Gasteiger partial charge on any atom is 0.191 e. The first-order valence-electron chi connectivity index (χ1n) is 9.92. The van der Waals surface area contributed by atoms with Crippen LogP contribution in [0.25, 0.3) is 0 Å². The maximum absolute atomic E-state index is 4.37. The van der Waals surface area contributed by atoms with Crippen molar-refractivity contribution in [1.82, 2.24) is 25.3 Å². The van der Waals surface area contributed by atoms with Crippen LogP contribution in [0.4, 0.5) is 0 Å². The fourth-order valence-corrected chi connectivity index (χ4v) is 3.60. The van der Waals surface area contributed by atoms with Crippen LogP contribution in [0.3, 0.4) is 0 Å². The summed E-state index contributed by atoms with van der Waals surface area (Å²) in [6.07, 6.45) is 7.64. The van der Waals surface area contributed by atoms with Gasteiger partial charge >= 0.3 is 0 Å². The molecule has 1 aliphatic rings. The van der Waals surface area contributed by atoms with Gasteiger partial charge in [-0.15, -0.1) is 24.0 Å². The molecule has 0 atom stereocenters. The third-order valence-electron chi connectivity index (χ3n) is 5.36. The van der Waals surface area contributed by atoms with Crippen molar-refractivity contribution in [1.29, 1.82) is 0 Å². The Hall–Kier alpha value is -1.61. The number of piperidine rings is 1. The molecule has 0 radical (unpaired) electrons. The molecule has 6 nitrogen and oxygen atoms in total. The van der Waals surface area contributed by atoms with Crippen LogP contribution in [0.2, 0.25) is 0 Å². The lowest BCUT2D eigenvalue weighted by Crippen LogP contribution is -2.39. The Kier molecular flexibility index (Phi) is 9.77. The van der Waals surface area contributed by atoms with Crippen LogP contribution >= 0.6 is 24.0 Å². The van der Waals surface area contributed by atoms with E-state index in [1.54, 1.807) is 0 Å². The number of aliphatic imine (C=N–C) groups is 1. The van der Waals surface area contributed by atoms with Gasteiger partial charge in [-0.25, -0.2) is 0 Å². The van der Waals surface area contributed by atoms with Gasteiger partial charge in [0.25, 0.3) is 0 Å². The van der Waals surface area contributed by atoms with Gasteiger partial charge in [0, 0.05) is 32.5 Å². The van der Waals surface area contributed by atoms with Gasteiger partial charge in [0.15, 0.2) is 5.96 Å². The van der Waals surface area contributed by atoms with Crippen molar-refractivity contribution in [2.24, 2.45) is 10.9 Å². The molecule has 0 spiro atoms. The SMILES string of the molecule is CN=C(NCCC1CCN(C)CC1)NCc1ccccc1Cn1cccn1.I. The van der Waals surface area contributed by atoms with E-state index in [-0.39, 0.29) is 24.0 Å². The lowest BCUT2D eigenvalue weighted by atomic mass is 9.94. The molecule has 0 saturated carbocycles. The monoisotopic (exact) mass is 496 g/mol. The van der Waals surface area contributed by atoms with Crippen molar-refractivity contribution < 1.29 is 0 Å². The molecule has 0 unspecified atom stereocenters. The molecule has 1 aromatic heterocycles. The van der Waals surface area contributed by atoms with Crippen molar-refractivity contribution in [2.45, 2.75) is 32.4 Å². The molecule has 1 aromatic carbocycles. The first-order valence-corrected chi connectivity index (χ1v) is 9.92. The summed E-state index contributed by atoms with van der Waals surface area (Å²) in [6.45, 7) is 4.97. The molecular weight excluding hydrogens is 463 g/mol. The molecule has 0 amide bonds. The molecule has 0 aliphatic carbocycles. The minimum Gasteiger partial charge on any atom is -0.356 e. The predicted molar refractivity (Wildman–Crippen MR) is 126 cm³/mol. The molecule has 2 heterocycles. The van der Waals surface area contributed by atoms with Gasteiger partial charge in [0.05, 0.1) is 6.54 Å². The highest BCUT2D eigenvalue weighted by Crippen LogP contribution is 2.18. The topological polar surface area (TPSA) is 57.5 Å². The highest BCUT2D eigenvalue weighted by molar-refractivity contribution is 14.0. The number of nitrogens with one attached hydrogen (secondary N) is 2. The Balaban J connectivity index is 0.00000280. The number of aromatic nitrogens is 2. The third kappa shape index (κ3) is 7.09. The molecule has 7 heteroatoms. The zero-order valence-corrected chi connectivity index (χ0v) is 19.3. The van der Waals surface area contributed by atoms with E-state index >= 15 is 0 Å². The second-order valence-electron chi connectivity index (χ2n) is 7.36. The number of nitrogens with zero attached hydrogens (tertiary/aromatic N) is 4. The molecule has 2 aromatic rings. The van der Waals surface area contributed by atoms with Crippen LogP contribution in [0.15, 0.2) is 47.7 Å². The second kappa shape index (κ2) is 12.1. The van der Waals surface area contributed by atoms with E-state index in [1.165, 1.54) is 43.5 Å². The van der Waals surface area contributed by atoms with Crippen LogP contribution in [-0.2, 0) is 13.1 Å².